The minimum absolute atomic E-state index is 0.409. The predicted octanol–water partition coefficient (Wildman–Crippen LogP) is 2.94. The fourth-order valence-electron chi connectivity index (χ4n) is 2.90. The number of halogens is 1. The molecular weight excluding hydrogens is 232 g/mol. The van der Waals surface area contributed by atoms with Crippen LogP contribution in [0.3, 0.4) is 0 Å². The van der Waals surface area contributed by atoms with Crippen molar-refractivity contribution in [2.24, 2.45) is 5.41 Å². The third kappa shape index (κ3) is 2.65. The minimum Gasteiger partial charge on any atom is -0.319 e. The molecule has 17 heavy (non-hydrogen) atoms. The van der Waals surface area contributed by atoms with Crippen LogP contribution in [0.5, 0.6) is 0 Å². The third-order valence-corrected chi connectivity index (χ3v) is 3.96. The monoisotopic (exact) mass is 252 g/mol. The van der Waals surface area contributed by atoms with E-state index in [2.05, 4.69) is 36.4 Å². The SMILES string of the molecule is CNCC1(C(c2ccc(Cl)cc2)N(C)C)CC1. The van der Waals surface area contributed by atoms with Crippen LogP contribution in [0.4, 0.5) is 0 Å². The van der Waals surface area contributed by atoms with Crippen LogP contribution in [0.25, 0.3) is 0 Å². The van der Waals surface area contributed by atoms with Gasteiger partial charge in [-0.25, -0.2) is 0 Å². The van der Waals surface area contributed by atoms with Crippen LogP contribution < -0.4 is 5.32 Å². The summed E-state index contributed by atoms with van der Waals surface area (Å²) >= 11 is 5.96. The van der Waals surface area contributed by atoms with Crippen LogP contribution in [0.2, 0.25) is 5.02 Å². The van der Waals surface area contributed by atoms with E-state index in [1.807, 2.05) is 19.2 Å². The van der Waals surface area contributed by atoms with Gasteiger partial charge in [0.2, 0.25) is 0 Å². The summed E-state index contributed by atoms with van der Waals surface area (Å²) in [6.45, 7) is 1.08. The molecular formula is C14H21ClN2. The molecule has 1 aliphatic rings. The molecule has 1 unspecified atom stereocenters. The molecule has 94 valence electrons. The Balaban J connectivity index is 2.26. The molecule has 0 amide bonds. The number of rotatable bonds is 5. The van der Waals surface area contributed by atoms with E-state index in [4.69, 9.17) is 11.6 Å². The molecule has 1 N–H and O–H groups in total. The summed E-state index contributed by atoms with van der Waals surface area (Å²) in [4.78, 5) is 2.33. The van der Waals surface area contributed by atoms with Gasteiger partial charge in [0.15, 0.2) is 0 Å². The molecule has 1 atom stereocenters. The first-order valence-electron chi connectivity index (χ1n) is 6.15. The van der Waals surface area contributed by atoms with E-state index in [1.54, 1.807) is 0 Å². The maximum atomic E-state index is 5.96. The predicted molar refractivity (Wildman–Crippen MR) is 73.5 cm³/mol. The third-order valence-electron chi connectivity index (χ3n) is 3.70. The molecule has 1 aliphatic carbocycles. The lowest BCUT2D eigenvalue weighted by Gasteiger charge is -2.33. The molecule has 0 spiro atoms. The van der Waals surface area contributed by atoms with Crippen LogP contribution in [-0.2, 0) is 0 Å². The Labute approximate surface area is 109 Å². The number of hydrogen-bond acceptors (Lipinski definition) is 2. The summed E-state index contributed by atoms with van der Waals surface area (Å²) in [6.07, 6.45) is 2.61. The molecule has 1 fully saturated rings. The Bertz CT molecular complexity index is 368. The first-order valence-corrected chi connectivity index (χ1v) is 6.53. The van der Waals surface area contributed by atoms with Crippen molar-refractivity contribution in [3.63, 3.8) is 0 Å². The highest BCUT2D eigenvalue weighted by Crippen LogP contribution is 2.56. The Kier molecular flexibility index (Phi) is 3.76. The van der Waals surface area contributed by atoms with Crippen LogP contribution >= 0.6 is 11.6 Å². The van der Waals surface area contributed by atoms with Crippen LogP contribution in [0, 0.1) is 5.41 Å². The zero-order chi connectivity index (χ0) is 12.5. The molecule has 1 saturated carbocycles. The van der Waals surface area contributed by atoms with Crippen molar-refractivity contribution in [2.75, 3.05) is 27.7 Å². The number of nitrogens with one attached hydrogen (secondary N) is 1. The van der Waals surface area contributed by atoms with E-state index in [9.17, 15) is 0 Å². The number of benzene rings is 1. The molecule has 0 heterocycles. The zero-order valence-corrected chi connectivity index (χ0v) is 11.6. The van der Waals surface area contributed by atoms with Crippen LogP contribution in [0.1, 0.15) is 24.4 Å². The highest BCUT2D eigenvalue weighted by molar-refractivity contribution is 6.30. The molecule has 2 rings (SSSR count). The van der Waals surface area contributed by atoms with Gasteiger partial charge >= 0.3 is 0 Å². The van der Waals surface area contributed by atoms with Crippen molar-refractivity contribution >= 4 is 11.6 Å². The van der Waals surface area contributed by atoms with Gasteiger partial charge in [0.05, 0.1) is 0 Å². The standard InChI is InChI=1S/C14H21ClN2/c1-16-10-14(8-9-14)13(17(2)3)11-4-6-12(15)7-5-11/h4-7,13,16H,8-10H2,1-3H3. The lowest BCUT2D eigenvalue weighted by molar-refractivity contribution is 0.191. The molecule has 0 bridgehead atoms. The van der Waals surface area contributed by atoms with Gasteiger partial charge in [0, 0.05) is 23.0 Å². The molecule has 0 aromatic heterocycles. The first-order chi connectivity index (χ1) is 8.09. The van der Waals surface area contributed by atoms with Gasteiger partial charge in [-0.2, -0.15) is 0 Å². The Hall–Kier alpha value is -0.570. The normalized spacial score (nSPS) is 19.4. The van der Waals surface area contributed by atoms with Gasteiger partial charge in [0.1, 0.15) is 0 Å². The average molecular weight is 253 g/mol. The van der Waals surface area contributed by atoms with Crippen molar-refractivity contribution < 1.29 is 0 Å². The fraction of sp³-hybridized carbons (Fsp3) is 0.571. The second kappa shape index (κ2) is 4.97. The van der Waals surface area contributed by atoms with E-state index in [-0.39, 0.29) is 0 Å². The number of nitrogens with zero attached hydrogens (tertiary/aromatic N) is 1. The Morgan fingerprint density at radius 1 is 1.29 bits per heavy atom. The highest BCUT2D eigenvalue weighted by Gasteiger charge is 2.50. The summed E-state index contributed by atoms with van der Waals surface area (Å²) in [5.41, 5.74) is 1.78. The van der Waals surface area contributed by atoms with Crippen molar-refractivity contribution in [3.8, 4) is 0 Å². The van der Waals surface area contributed by atoms with Crippen LogP contribution in [-0.4, -0.2) is 32.6 Å². The van der Waals surface area contributed by atoms with Crippen molar-refractivity contribution in [3.05, 3.63) is 34.9 Å². The molecule has 1 aromatic carbocycles. The summed E-state index contributed by atoms with van der Waals surface area (Å²) in [6, 6.07) is 8.77. The molecule has 0 radical (unpaired) electrons. The molecule has 2 nitrogen and oxygen atoms in total. The van der Waals surface area contributed by atoms with E-state index < -0.39 is 0 Å². The average Bonchev–Trinajstić information content (AvgIpc) is 3.02. The summed E-state index contributed by atoms with van der Waals surface area (Å²) in [5.74, 6) is 0. The van der Waals surface area contributed by atoms with E-state index in [1.165, 1.54) is 18.4 Å². The summed E-state index contributed by atoms with van der Waals surface area (Å²) in [5, 5.41) is 4.14. The second-order valence-corrected chi connectivity index (χ2v) is 5.75. The molecule has 0 saturated heterocycles. The first kappa shape index (κ1) is 12.9. The van der Waals surface area contributed by atoms with E-state index in [0.717, 1.165) is 11.6 Å². The maximum Gasteiger partial charge on any atom is 0.0410 e. The molecule has 1 aromatic rings. The summed E-state index contributed by atoms with van der Waals surface area (Å²) < 4.78 is 0. The van der Waals surface area contributed by atoms with Gasteiger partial charge in [-0.3, -0.25) is 0 Å². The molecule has 3 heteroatoms. The van der Waals surface area contributed by atoms with Gasteiger partial charge in [-0.1, -0.05) is 23.7 Å². The van der Waals surface area contributed by atoms with Gasteiger partial charge < -0.3 is 10.2 Å². The van der Waals surface area contributed by atoms with E-state index >= 15 is 0 Å². The van der Waals surface area contributed by atoms with Gasteiger partial charge in [-0.05, 0) is 51.7 Å². The zero-order valence-electron chi connectivity index (χ0n) is 10.8. The lowest BCUT2D eigenvalue weighted by atomic mass is 9.89. The van der Waals surface area contributed by atoms with Crippen LogP contribution in [0.15, 0.2) is 24.3 Å². The topological polar surface area (TPSA) is 15.3 Å². The Morgan fingerprint density at radius 3 is 2.29 bits per heavy atom. The highest BCUT2D eigenvalue weighted by atomic mass is 35.5. The number of hydrogen-bond donors (Lipinski definition) is 1. The van der Waals surface area contributed by atoms with Crippen molar-refractivity contribution in [2.45, 2.75) is 18.9 Å². The second-order valence-electron chi connectivity index (χ2n) is 5.31. The molecule has 0 aliphatic heterocycles. The van der Waals surface area contributed by atoms with Crippen molar-refractivity contribution in [1.29, 1.82) is 0 Å². The van der Waals surface area contributed by atoms with E-state index in [0.29, 0.717) is 11.5 Å². The largest absolute Gasteiger partial charge is 0.319 e. The Morgan fingerprint density at radius 2 is 1.88 bits per heavy atom. The van der Waals surface area contributed by atoms with Gasteiger partial charge in [-0.15, -0.1) is 0 Å². The smallest absolute Gasteiger partial charge is 0.0410 e. The lowest BCUT2D eigenvalue weighted by Crippen LogP contribution is -2.34. The maximum absolute atomic E-state index is 5.96. The fourth-order valence-corrected chi connectivity index (χ4v) is 3.03. The van der Waals surface area contributed by atoms with Gasteiger partial charge in [0.25, 0.3) is 0 Å². The summed E-state index contributed by atoms with van der Waals surface area (Å²) in [7, 11) is 6.36. The van der Waals surface area contributed by atoms with Crippen molar-refractivity contribution in [1.82, 2.24) is 10.2 Å². The quantitative estimate of drug-likeness (QED) is 0.867. The minimum atomic E-state index is 0.409.